The van der Waals surface area contributed by atoms with Crippen LogP contribution >= 0.6 is 11.6 Å². The third-order valence-electron chi connectivity index (χ3n) is 3.64. The molecule has 0 aliphatic heterocycles. The van der Waals surface area contributed by atoms with Crippen molar-refractivity contribution < 1.29 is 21.6 Å². The Bertz CT molecular complexity index is 643. The van der Waals surface area contributed by atoms with Crippen molar-refractivity contribution in [2.45, 2.75) is 37.9 Å². The number of anilines is 1. The molecule has 0 atom stereocenters. The summed E-state index contributed by atoms with van der Waals surface area (Å²) in [5.41, 5.74) is -1.16. The molecule has 0 bridgehead atoms. The zero-order chi connectivity index (χ0) is 16.5. The zero-order valence-corrected chi connectivity index (χ0v) is 13.4. The Kier molecular flexibility index (Phi) is 4.93. The van der Waals surface area contributed by atoms with Gasteiger partial charge in [-0.1, -0.05) is 24.4 Å². The highest BCUT2D eigenvalue weighted by Gasteiger charge is 2.33. The van der Waals surface area contributed by atoms with Crippen molar-refractivity contribution in [3.8, 4) is 0 Å². The normalized spacial score (nSPS) is 17.0. The van der Waals surface area contributed by atoms with E-state index in [1.165, 1.54) is 7.05 Å². The highest BCUT2D eigenvalue weighted by molar-refractivity contribution is 7.90. The fourth-order valence-electron chi connectivity index (χ4n) is 2.39. The van der Waals surface area contributed by atoms with Crippen molar-refractivity contribution in [2.75, 3.05) is 11.4 Å². The van der Waals surface area contributed by atoms with Crippen molar-refractivity contribution in [1.82, 2.24) is 4.72 Å². The van der Waals surface area contributed by atoms with Gasteiger partial charge in [-0.2, -0.15) is 26.3 Å². The van der Waals surface area contributed by atoms with Crippen molar-refractivity contribution >= 4 is 27.5 Å². The first-order chi connectivity index (χ1) is 10.1. The van der Waals surface area contributed by atoms with E-state index in [1.54, 1.807) is 0 Å². The van der Waals surface area contributed by atoms with Gasteiger partial charge in [-0.25, -0.2) is 0 Å². The molecule has 9 heteroatoms. The SMILES string of the molecule is CN(c1cc(C(F)(F)F)ccc1Cl)S(=O)(=O)NC1CCCC1. The highest BCUT2D eigenvalue weighted by Crippen LogP contribution is 2.35. The maximum absolute atomic E-state index is 12.8. The molecule has 0 amide bonds. The minimum absolute atomic E-state index is 0.0627. The number of nitrogens with zero attached hydrogens (tertiary/aromatic N) is 1. The van der Waals surface area contributed by atoms with Crippen LogP contribution in [0.25, 0.3) is 0 Å². The van der Waals surface area contributed by atoms with E-state index < -0.39 is 21.9 Å². The van der Waals surface area contributed by atoms with Gasteiger partial charge in [0.05, 0.1) is 16.3 Å². The predicted molar refractivity (Wildman–Crippen MR) is 79.2 cm³/mol. The maximum atomic E-state index is 12.8. The third-order valence-corrected chi connectivity index (χ3v) is 5.51. The molecule has 0 heterocycles. The van der Waals surface area contributed by atoms with Crippen LogP contribution in [-0.2, 0) is 16.4 Å². The number of alkyl halides is 3. The van der Waals surface area contributed by atoms with E-state index in [-0.39, 0.29) is 16.8 Å². The van der Waals surface area contributed by atoms with Crippen LogP contribution in [0.3, 0.4) is 0 Å². The predicted octanol–water partition coefficient (Wildman–Crippen LogP) is 3.57. The minimum Gasteiger partial charge on any atom is -0.259 e. The molecule has 124 valence electrons. The van der Waals surface area contributed by atoms with E-state index in [9.17, 15) is 21.6 Å². The lowest BCUT2D eigenvalue weighted by Gasteiger charge is -2.24. The first-order valence-electron chi connectivity index (χ1n) is 6.74. The number of hydrogen-bond donors (Lipinski definition) is 1. The van der Waals surface area contributed by atoms with E-state index >= 15 is 0 Å². The summed E-state index contributed by atoms with van der Waals surface area (Å²) in [5, 5.41) is -0.0627. The Balaban J connectivity index is 2.29. The standard InChI is InChI=1S/C13H16ClF3N2O2S/c1-19(22(20,21)18-10-4-2-3-5-10)12-8-9(13(15,16)17)6-7-11(12)14/h6-8,10,18H,2-5H2,1H3. The Morgan fingerprint density at radius 1 is 1.27 bits per heavy atom. The summed E-state index contributed by atoms with van der Waals surface area (Å²) in [6.45, 7) is 0. The molecule has 0 spiro atoms. The molecule has 0 radical (unpaired) electrons. The largest absolute Gasteiger partial charge is 0.416 e. The molecule has 1 aliphatic rings. The van der Waals surface area contributed by atoms with Crippen molar-refractivity contribution in [3.63, 3.8) is 0 Å². The van der Waals surface area contributed by atoms with E-state index in [0.29, 0.717) is 0 Å². The lowest BCUT2D eigenvalue weighted by atomic mass is 10.2. The fraction of sp³-hybridized carbons (Fsp3) is 0.538. The Morgan fingerprint density at radius 2 is 1.86 bits per heavy atom. The lowest BCUT2D eigenvalue weighted by Crippen LogP contribution is -2.43. The molecule has 1 saturated carbocycles. The summed E-state index contributed by atoms with van der Waals surface area (Å²) in [6, 6.07) is 2.41. The van der Waals surface area contributed by atoms with Crippen LogP contribution < -0.4 is 9.03 Å². The second-order valence-corrected chi connectivity index (χ2v) is 7.38. The molecule has 1 aromatic carbocycles. The van der Waals surface area contributed by atoms with Crippen LogP contribution in [0, 0.1) is 0 Å². The quantitative estimate of drug-likeness (QED) is 0.896. The van der Waals surface area contributed by atoms with Crippen molar-refractivity contribution in [3.05, 3.63) is 28.8 Å². The van der Waals surface area contributed by atoms with Gasteiger partial charge in [-0.05, 0) is 31.0 Å². The molecular formula is C13H16ClF3N2O2S. The summed E-state index contributed by atoms with van der Waals surface area (Å²) in [6.07, 6.45) is -1.25. The van der Waals surface area contributed by atoms with Crippen LogP contribution in [0.2, 0.25) is 5.02 Å². The summed E-state index contributed by atoms with van der Waals surface area (Å²) < 4.78 is 66.1. The molecule has 2 rings (SSSR count). The summed E-state index contributed by atoms with van der Waals surface area (Å²) in [4.78, 5) is 0. The number of rotatable bonds is 4. The molecule has 1 fully saturated rings. The highest BCUT2D eigenvalue weighted by atomic mass is 35.5. The van der Waals surface area contributed by atoms with Gasteiger partial charge in [0, 0.05) is 13.1 Å². The lowest BCUT2D eigenvalue weighted by molar-refractivity contribution is -0.137. The summed E-state index contributed by atoms with van der Waals surface area (Å²) in [5.74, 6) is 0. The molecule has 1 aliphatic carbocycles. The molecule has 0 aromatic heterocycles. The van der Waals surface area contributed by atoms with E-state index in [0.717, 1.165) is 48.2 Å². The molecule has 22 heavy (non-hydrogen) atoms. The monoisotopic (exact) mass is 356 g/mol. The van der Waals surface area contributed by atoms with Crippen LogP contribution in [-0.4, -0.2) is 21.5 Å². The van der Waals surface area contributed by atoms with Crippen molar-refractivity contribution in [2.24, 2.45) is 0 Å². The Hall–Kier alpha value is -0.990. The third kappa shape index (κ3) is 3.85. The molecule has 1 aromatic rings. The Morgan fingerprint density at radius 3 is 2.41 bits per heavy atom. The topological polar surface area (TPSA) is 49.4 Å². The number of hydrogen-bond acceptors (Lipinski definition) is 2. The minimum atomic E-state index is -4.57. The first kappa shape index (κ1) is 17.4. The van der Waals surface area contributed by atoms with Crippen LogP contribution in [0.1, 0.15) is 31.2 Å². The van der Waals surface area contributed by atoms with Gasteiger partial charge in [0.1, 0.15) is 0 Å². The van der Waals surface area contributed by atoms with Gasteiger partial charge in [0.25, 0.3) is 0 Å². The average Bonchev–Trinajstić information content (AvgIpc) is 2.89. The molecule has 1 N–H and O–H groups in total. The molecule has 0 saturated heterocycles. The van der Waals surface area contributed by atoms with Gasteiger partial charge < -0.3 is 0 Å². The second-order valence-electron chi connectivity index (χ2n) is 5.24. The number of halogens is 4. The van der Waals surface area contributed by atoms with Crippen molar-refractivity contribution in [1.29, 1.82) is 0 Å². The van der Waals surface area contributed by atoms with E-state index in [2.05, 4.69) is 4.72 Å². The number of nitrogens with one attached hydrogen (secondary N) is 1. The summed E-state index contributed by atoms with van der Waals surface area (Å²) in [7, 11) is -2.77. The van der Waals surface area contributed by atoms with Gasteiger partial charge in [-0.15, -0.1) is 0 Å². The maximum Gasteiger partial charge on any atom is 0.416 e. The van der Waals surface area contributed by atoms with Gasteiger partial charge in [0.2, 0.25) is 0 Å². The average molecular weight is 357 g/mol. The smallest absolute Gasteiger partial charge is 0.259 e. The summed E-state index contributed by atoms with van der Waals surface area (Å²) >= 11 is 5.86. The zero-order valence-electron chi connectivity index (χ0n) is 11.8. The first-order valence-corrected chi connectivity index (χ1v) is 8.56. The Labute approximate surface area is 132 Å². The van der Waals surface area contributed by atoms with Gasteiger partial charge in [0.15, 0.2) is 0 Å². The molecule has 4 nitrogen and oxygen atoms in total. The molecule has 0 unspecified atom stereocenters. The van der Waals surface area contributed by atoms with E-state index in [4.69, 9.17) is 11.6 Å². The van der Waals surface area contributed by atoms with Crippen LogP contribution in [0.4, 0.5) is 18.9 Å². The molecular weight excluding hydrogens is 341 g/mol. The fourth-order valence-corrected chi connectivity index (χ4v) is 3.91. The number of benzene rings is 1. The second kappa shape index (κ2) is 6.25. The van der Waals surface area contributed by atoms with Gasteiger partial charge in [-0.3, -0.25) is 4.31 Å². The van der Waals surface area contributed by atoms with Crippen LogP contribution in [0.5, 0.6) is 0 Å². The van der Waals surface area contributed by atoms with Crippen LogP contribution in [0.15, 0.2) is 18.2 Å². The van der Waals surface area contributed by atoms with Gasteiger partial charge >= 0.3 is 16.4 Å². The van der Waals surface area contributed by atoms with E-state index in [1.807, 2.05) is 0 Å².